The molecule has 0 bridgehead atoms. The second kappa shape index (κ2) is 7.14. The van der Waals surface area contributed by atoms with E-state index in [0.717, 1.165) is 12.3 Å². The topological polar surface area (TPSA) is 29.1 Å². The fraction of sp³-hybridized carbons (Fsp3) is 0.533. The molecule has 1 aliphatic carbocycles. The monoisotopic (exact) mass is 251 g/mol. The largest absolute Gasteiger partial charge is 0.350 e. The van der Waals surface area contributed by atoms with Crippen molar-refractivity contribution < 1.29 is 9.18 Å². The summed E-state index contributed by atoms with van der Waals surface area (Å²) in [6.07, 6.45) is 3.63. The van der Waals surface area contributed by atoms with E-state index >= 15 is 0 Å². The Hall–Kier alpha value is -1.38. The summed E-state index contributed by atoms with van der Waals surface area (Å²) >= 11 is 0. The zero-order valence-corrected chi connectivity index (χ0v) is 11.4. The average molecular weight is 251 g/mol. The van der Waals surface area contributed by atoms with Crippen LogP contribution in [0.2, 0.25) is 0 Å². The molecular weight excluding hydrogens is 229 g/mol. The molecule has 1 amide bonds. The second-order valence-electron chi connectivity index (χ2n) is 4.56. The molecule has 0 radical (unpaired) electrons. The first kappa shape index (κ1) is 14.7. The van der Waals surface area contributed by atoms with Gasteiger partial charge in [-0.2, -0.15) is 0 Å². The lowest BCUT2D eigenvalue weighted by molar-refractivity contribution is 0.0937. The van der Waals surface area contributed by atoms with E-state index in [0.29, 0.717) is 5.56 Å². The van der Waals surface area contributed by atoms with Gasteiger partial charge in [-0.1, -0.05) is 26.7 Å². The Morgan fingerprint density at radius 1 is 1.33 bits per heavy atom. The first-order valence-corrected chi connectivity index (χ1v) is 6.71. The van der Waals surface area contributed by atoms with Crippen LogP contribution in [0, 0.1) is 11.7 Å². The molecule has 2 nitrogen and oxygen atoms in total. The molecule has 0 spiro atoms. The van der Waals surface area contributed by atoms with Crippen LogP contribution < -0.4 is 5.32 Å². The van der Waals surface area contributed by atoms with Crippen LogP contribution in [0.25, 0.3) is 0 Å². The van der Waals surface area contributed by atoms with Gasteiger partial charge < -0.3 is 5.32 Å². The summed E-state index contributed by atoms with van der Waals surface area (Å²) in [5.74, 6) is 0.360. The van der Waals surface area contributed by atoms with E-state index in [9.17, 15) is 9.18 Å². The average Bonchev–Trinajstić information content (AvgIpc) is 3.16. The molecule has 0 aliphatic heterocycles. The maximum atomic E-state index is 12.7. The van der Waals surface area contributed by atoms with Gasteiger partial charge in [0, 0.05) is 11.6 Å². The van der Waals surface area contributed by atoms with Crippen molar-refractivity contribution in [3.05, 3.63) is 35.6 Å². The zero-order valence-electron chi connectivity index (χ0n) is 11.4. The molecule has 1 N–H and O–H groups in total. The van der Waals surface area contributed by atoms with E-state index in [1.807, 2.05) is 20.8 Å². The molecule has 100 valence electrons. The van der Waals surface area contributed by atoms with Gasteiger partial charge in [-0.15, -0.1) is 0 Å². The first-order chi connectivity index (χ1) is 8.65. The van der Waals surface area contributed by atoms with Gasteiger partial charge in [-0.25, -0.2) is 4.39 Å². The van der Waals surface area contributed by atoms with Crippen molar-refractivity contribution in [1.29, 1.82) is 0 Å². The lowest BCUT2D eigenvalue weighted by atomic mass is 10.1. The van der Waals surface area contributed by atoms with Crippen LogP contribution in [0.15, 0.2) is 24.3 Å². The van der Waals surface area contributed by atoms with E-state index < -0.39 is 0 Å². The van der Waals surface area contributed by atoms with E-state index in [4.69, 9.17) is 0 Å². The molecule has 0 aromatic heterocycles. The third-order valence-electron chi connectivity index (χ3n) is 2.87. The third kappa shape index (κ3) is 4.86. The van der Waals surface area contributed by atoms with E-state index in [2.05, 4.69) is 5.32 Å². The third-order valence-corrected chi connectivity index (χ3v) is 2.87. The molecule has 0 heterocycles. The van der Waals surface area contributed by atoms with E-state index in [1.165, 1.54) is 37.1 Å². The van der Waals surface area contributed by atoms with Crippen LogP contribution in [-0.2, 0) is 0 Å². The van der Waals surface area contributed by atoms with Gasteiger partial charge in [0.15, 0.2) is 0 Å². The molecule has 3 heteroatoms. The van der Waals surface area contributed by atoms with Crippen LogP contribution in [0.3, 0.4) is 0 Å². The van der Waals surface area contributed by atoms with Gasteiger partial charge in [0.25, 0.3) is 5.91 Å². The Kier molecular flexibility index (Phi) is 5.83. The molecule has 2 rings (SSSR count). The minimum absolute atomic E-state index is 0.117. The van der Waals surface area contributed by atoms with Gasteiger partial charge in [0.05, 0.1) is 0 Å². The van der Waals surface area contributed by atoms with Gasteiger partial charge in [0.2, 0.25) is 0 Å². The Balaban J connectivity index is 0.000000771. The van der Waals surface area contributed by atoms with Crippen LogP contribution in [-0.4, -0.2) is 11.9 Å². The maximum Gasteiger partial charge on any atom is 0.251 e. The lowest BCUT2D eigenvalue weighted by Gasteiger charge is -2.13. The van der Waals surface area contributed by atoms with Gasteiger partial charge in [-0.05, 0) is 43.5 Å². The number of carbonyl (C=O) groups is 1. The highest BCUT2D eigenvalue weighted by Gasteiger charge is 2.24. The van der Waals surface area contributed by atoms with Crippen molar-refractivity contribution in [2.45, 2.75) is 46.1 Å². The molecular formula is C15H22FNO. The molecule has 1 aromatic carbocycles. The van der Waals surface area contributed by atoms with Crippen molar-refractivity contribution in [3.8, 4) is 0 Å². The predicted molar refractivity (Wildman–Crippen MR) is 72.0 cm³/mol. The summed E-state index contributed by atoms with van der Waals surface area (Å²) < 4.78 is 12.7. The summed E-state index contributed by atoms with van der Waals surface area (Å²) in [6.45, 7) is 6.01. The Bertz CT molecular complexity index is 371. The molecule has 18 heavy (non-hydrogen) atoms. The molecule has 1 saturated carbocycles. The number of halogens is 1. The lowest BCUT2D eigenvalue weighted by Crippen LogP contribution is -2.32. The molecule has 1 aromatic rings. The Labute approximate surface area is 109 Å². The number of carbonyl (C=O) groups excluding carboxylic acids is 1. The summed E-state index contributed by atoms with van der Waals surface area (Å²) in [6, 6.07) is 5.83. The normalized spacial score (nSPS) is 15.3. The molecule has 1 atom stereocenters. The second-order valence-corrected chi connectivity index (χ2v) is 4.56. The van der Waals surface area contributed by atoms with Gasteiger partial charge >= 0.3 is 0 Å². The fourth-order valence-electron chi connectivity index (χ4n) is 1.82. The van der Waals surface area contributed by atoms with E-state index in [-0.39, 0.29) is 17.8 Å². The highest BCUT2D eigenvalue weighted by atomic mass is 19.1. The quantitative estimate of drug-likeness (QED) is 0.867. The smallest absolute Gasteiger partial charge is 0.251 e. The van der Waals surface area contributed by atoms with Crippen molar-refractivity contribution in [2.75, 3.05) is 0 Å². The van der Waals surface area contributed by atoms with Crippen molar-refractivity contribution in [1.82, 2.24) is 5.32 Å². The molecule has 1 unspecified atom stereocenters. The number of nitrogens with one attached hydrogen (secondary N) is 1. The van der Waals surface area contributed by atoms with Crippen LogP contribution >= 0.6 is 0 Å². The number of amides is 1. The number of benzene rings is 1. The van der Waals surface area contributed by atoms with E-state index in [1.54, 1.807) is 0 Å². The maximum absolute atomic E-state index is 12.7. The Morgan fingerprint density at radius 3 is 2.39 bits per heavy atom. The number of rotatable bonds is 4. The van der Waals surface area contributed by atoms with Crippen LogP contribution in [0.5, 0.6) is 0 Å². The summed E-state index contributed by atoms with van der Waals surface area (Å²) in [7, 11) is 0. The van der Waals surface area contributed by atoms with Gasteiger partial charge in [-0.3, -0.25) is 4.79 Å². The minimum atomic E-state index is -0.317. The fourth-order valence-corrected chi connectivity index (χ4v) is 1.82. The standard InChI is InChI=1S/C13H16FNO.C2H6/c1-9(8-10-2-3-10)15-13(16)11-4-6-12(14)7-5-11;1-2/h4-7,9-10H,2-3,8H2,1H3,(H,15,16);1-2H3. The zero-order chi connectivity index (χ0) is 13.5. The summed E-state index contributed by atoms with van der Waals surface area (Å²) in [5, 5.41) is 2.93. The summed E-state index contributed by atoms with van der Waals surface area (Å²) in [4.78, 5) is 11.7. The highest BCUT2D eigenvalue weighted by Crippen LogP contribution is 2.33. The van der Waals surface area contributed by atoms with Crippen molar-refractivity contribution in [2.24, 2.45) is 5.92 Å². The molecule has 1 fully saturated rings. The predicted octanol–water partition coefficient (Wildman–Crippen LogP) is 3.77. The van der Waals surface area contributed by atoms with Gasteiger partial charge in [0.1, 0.15) is 5.82 Å². The minimum Gasteiger partial charge on any atom is -0.350 e. The Morgan fingerprint density at radius 2 is 1.89 bits per heavy atom. The molecule has 0 saturated heterocycles. The molecule has 1 aliphatic rings. The van der Waals surface area contributed by atoms with Crippen LogP contribution in [0.4, 0.5) is 4.39 Å². The highest BCUT2D eigenvalue weighted by molar-refractivity contribution is 5.94. The van der Waals surface area contributed by atoms with Crippen LogP contribution in [0.1, 0.15) is 50.4 Å². The summed E-state index contributed by atoms with van der Waals surface area (Å²) in [5.41, 5.74) is 0.518. The van der Waals surface area contributed by atoms with Crippen molar-refractivity contribution in [3.63, 3.8) is 0 Å². The first-order valence-electron chi connectivity index (χ1n) is 6.71. The SMILES string of the molecule is CC.CC(CC1CC1)NC(=O)c1ccc(F)cc1. The van der Waals surface area contributed by atoms with Crippen molar-refractivity contribution >= 4 is 5.91 Å². The number of hydrogen-bond donors (Lipinski definition) is 1. The number of hydrogen-bond acceptors (Lipinski definition) is 1.